The molecule has 30 unspecified atom stereocenters. The third-order valence-electron chi connectivity index (χ3n) is 25.0. The lowest BCUT2D eigenvalue weighted by Crippen LogP contribution is -2.37. The SMILES string of the molecule is C=C(C)C1C(C)CC(C)CC1O.C=C(C)C1C(C)CCC(C)C1O.C=C(C)C1C(O)CCC(C)C1C.C=C(C)C1CC(C)C(C)CC1O.C=C(C)C1CC(C)CC(C)C1O.C=C(C)C1CCC(C)C(C)C1O.C=C(C)C1CCC(O)C(C)C1.C=C(C)C1CCC(O)CC1C. The second-order valence-corrected chi connectivity index (χ2v) is 34.3. The van der Waals surface area contributed by atoms with Crippen LogP contribution < -0.4 is 0 Å². The van der Waals surface area contributed by atoms with E-state index in [2.05, 4.69) is 163 Å². The van der Waals surface area contributed by atoms with Crippen LogP contribution in [0.25, 0.3) is 0 Å². The van der Waals surface area contributed by atoms with Crippen molar-refractivity contribution >= 4 is 0 Å². The molecule has 0 aliphatic heterocycles. The summed E-state index contributed by atoms with van der Waals surface area (Å²) < 4.78 is 0. The van der Waals surface area contributed by atoms with Crippen LogP contribution in [0.2, 0.25) is 0 Å². The van der Waals surface area contributed by atoms with Crippen LogP contribution in [0.5, 0.6) is 0 Å². The zero-order valence-corrected chi connectivity index (χ0v) is 65.3. The first-order valence-corrected chi connectivity index (χ1v) is 38.1. The minimum absolute atomic E-state index is 0.0550. The van der Waals surface area contributed by atoms with Crippen LogP contribution >= 0.6 is 0 Å². The molecule has 0 amide bonds. The van der Waals surface area contributed by atoms with Gasteiger partial charge in [-0.1, -0.05) is 194 Å². The van der Waals surface area contributed by atoms with Crippen molar-refractivity contribution < 1.29 is 40.9 Å². The molecule has 94 heavy (non-hydrogen) atoms. The van der Waals surface area contributed by atoms with Gasteiger partial charge in [0.25, 0.3) is 0 Å². The molecule has 30 atom stereocenters. The Kier molecular flexibility index (Phi) is 41.3. The van der Waals surface area contributed by atoms with E-state index < -0.39 is 0 Å². The fraction of sp³-hybridized carbons (Fsp3) is 0.814. The van der Waals surface area contributed by atoms with Gasteiger partial charge in [0.05, 0.1) is 48.8 Å². The number of allylic oxidation sites excluding steroid dienone is 2. The molecular weight excluding hydrogens is 1160 g/mol. The Bertz CT molecular complexity index is 2220. The van der Waals surface area contributed by atoms with Gasteiger partial charge in [0.2, 0.25) is 0 Å². The molecule has 8 nitrogen and oxygen atoms in total. The maximum Gasteiger partial charge on any atom is 0.0633 e. The summed E-state index contributed by atoms with van der Waals surface area (Å²) in [6.07, 6.45) is 18.5. The molecule has 0 saturated heterocycles. The second-order valence-electron chi connectivity index (χ2n) is 34.3. The average Bonchev–Trinajstić information content (AvgIpc) is 0.908. The van der Waals surface area contributed by atoms with Gasteiger partial charge < -0.3 is 40.9 Å². The van der Waals surface area contributed by atoms with Crippen LogP contribution in [0, 0.1) is 130 Å². The minimum Gasteiger partial charge on any atom is -0.393 e. The van der Waals surface area contributed by atoms with Gasteiger partial charge in [0, 0.05) is 35.5 Å². The highest BCUT2D eigenvalue weighted by molar-refractivity contribution is 5.09. The van der Waals surface area contributed by atoms with Crippen LogP contribution in [-0.2, 0) is 0 Å². The summed E-state index contributed by atoms with van der Waals surface area (Å²) in [5.41, 5.74) is 9.40. The lowest BCUT2D eigenvalue weighted by Gasteiger charge is -2.38. The van der Waals surface area contributed by atoms with Crippen molar-refractivity contribution in [3.63, 3.8) is 0 Å². The first-order valence-electron chi connectivity index (χ1n) is 38.1. The molecule has 8 aliphatic carbocycles. The van der Waals surface area contributed by atoms with Crippen LogP contribution in [0.3, 0.4) is 0 Å². The zero-order chi connectivity index (χ0) is 72.7. The van der Waals surface area contributed by atoms with Gasteiger partial charge in [-0.2, -0.15) is 0 Å². The molecule has 8 rings (SSSR count). The van der Waals surface area contributed by atoms with E-state index in [0.29, 0.717) is 112 Å². The summed E-state index contributed by atoms with van der Waals surface area (Å²) >= 11 is 0. The summed E-state index contributed by atoms with van der Waals surface area (Å²) in [6.45, 7) is 78.8. The van der Waals surface area contributed by atoms with Gasteiger partial charge in [-0.25, -0.2) is 0 Å². The molecule has 548 valence electrons. The van der Waals surface area contributed by atoms with E-state index in [1.807, 2.05) is 41.5 Å². The van der Waals surface area contributed by atoms with E-state index in [1.54, 1.807) is 0 Å². The Morgan fingerprint density at radius 3 is 1.14 bits per heavy atom. The molecular formula is C86H156O8. The molecule has 8 fully saturated rings. The first kappa shape index (κ1) is 89.6. The largest absolute Gasteiger partial charge is 0.393 e. The Morgan fingerprint density at radius 2 is 0.681 bits per heavy atom. The van der Waals surface area contributed by atoms with E-state index in [0.717, 1.165) is 148 Å². The quantitative estimate of drug-likeness (QED) is 0.111. The summed E-state index contributed by atoms with van der Waals surface area (Å²) in [6, 6.07) is 0. The van der Waals surface area contributed by atoms with Gasteiger partial charge in [-0.05, 0) is 266 Å². The molecule has 0 bridgehead atoms. The summed E-state index contributed by atoms with van der Waals surface area (Å²) in [5.74, 6) is 11.7. The van der Waals surface area contributed by atoms with Gasteiger partial charge in [-0.3, -0.25) is 0 Å². The van der Waals surface area contributed by atoms with Gasteiger partial charge >= 0.3 is 0 Å². The van der Waals surface area contributed by atoms with Gasteiger partial charge in [0.1, 0.15) is 0 Å². The highest BCUT2D eigenvalue weighted by Gasteiger charge is 2.38. The number of aliphatic hydroxyl groups excluding tert-OH is 8. The van der Waals surface area contributed by atoms with Gasteiger partial charge in [0.15, 0.2) is 0 Å². The van der Waals surface area contributed by atoms with E-state index in [-0.39, 0.29) is 48.8 Å². The van der Waals surface area contributed by atoms with Gasteiger partial charge in [-0.15, -0.1) is 0 Å². The molecule has 8 saturated carbocycles. The Morgan fingerprint density at radius 1 is 0.234 bits per heavy atom. The first-order chi connectivity index (χ1) is 43.4. The second kappa shape index (κ2) is 43.3. The molecule has 0 spiro atoms. The highest BCUT2D eigenvalue weighted by Crippen LogP contribution is 2.43. The van der Waals surface area contributed by atoms with E-state index in [4.69, 9.17) is 0 Å². The van der Waals surface area contributed by atoms with Crippen molar-refractivity contribution in [3.8, 4) is 0 Å². The Labute approximate surface area is 582 Å². The van der Waals surface area contributed by atoms with Crippen molar-refractivity contribution in [2.75, 3.05) is 0 Å². The third kappa shape index (κ3) is 29.4. The highest BCUT2D eigenvalue weighted by atomic mass is 16.3. The number of aliphatic hydroxyl groups is 8. The van der Waals surface area contributed by atoms with Crippen molar-refractivity contribution in [2.24, 2.45) is 130 Å². The predicted octanol–water partition coefficient (Wildman–Crippen LogP) is 20.4. The predicted molar refractivity (Wildman–Crippen MR) is 406 cm³/mol. The molecule has 0 aromatic heterocycles. The summed E-state index contributed by atoms with van der Waals surface area (Å²) in [5, 5.41) is 77.8. The molecule has 0 heterocycles. The average molecular weight is 1320 g/mol. The van der Waals surface area contributed by atoms with Crippen LogP contribution in [-0.4, -0.2) is 89.7 Å². The zero-order valence-electron chi connectivity index (χ0n) is 65.3. The molecule has 0 aromatic rings. The maximum atomic E-state index is 9.92. The smallest absolute Gasteiger partial charge is 0.0633 e. The summed E-state index contributed by atoms with van der Waals surface area (Å²) in [7, 11) is 0. The van der Waals surface area contributed by atoms with E-state index in [1.165, 1.54) is 30.4 Å². The van der Waals surface area contributed by atoms with E-state index in [9.17, 15) is 40.9 Å². The van der Waals surface area contributed by atoms with Crippen molar-refractivity contribution in [3.05, 3.63) is 97.2 Å². The number of hydrogen-bond acceptors (Lipinski definition) is 8. The lowest BCUT2D eigenvalue weighted by atomic mass is 9.70. The molecule has 8 aliphatic rings. The molecule has 8 heteroatoms. The Hall–Kier alpha value is -2.40. The topological polar surface area (TPSA) is 162 Å². The monoisotopic (exact) mass is 1320 g/mol. The van der Waals surface area contributed by atoms with Crippen molar-refractivity contribution in [2.45, 2.75) is 317 Å². The standard InChI is InChI=1S/6C11H20O.2C10H18O/c1-7(2)10-5-8(3)9(4)6-11(10)12;1-7(2)11-9(4)5-8(3)6-10(11)12;1-7(2)10-6-8(3)5-9(4)11(10)12;1-7(2)11-9(4)8(3)5-6-10(11)12;1-7(2)10-6-5-8(3)9(4)11(10)12;1-7(2)10-8(3)5-6-9(4)11(10)12;1-7(2)10-5-4-9(11)6-8(10)3;1-7(2)9-4-5-10(11)8(3)6-9/h6*8-12H,1,5-6H2,2-4H3;2*8-11H,1,4-6H2,2-3H3. The molecule has 0 radical (unpaired) electrons. The van der Waals surface area contributed by atoms with Crippen LogP contribution in [0.4, 0.5) is 0 Å². The maximum absolute atomic E-state index is 9.92. The van der Waals surface area contributed by atoms with Crippen LogP contribution in [0.15, 0.2) is 97.2 Å². The Balaban J connectivity index is 0.000000537. The summed E-state index contributed by atoms with van der Waals surface area (Å²) in [4.78, 5) is 0. The fourth-order valence-corrected chi connectivity index (χ4v) is 17.8. The normalized spacial score (nSPS) is 41.7. The lowest BCUT2D eigenvalue weighted by molar-refractivity contribution is 0.0129. The third-order valence-corrected chi connectivity index (χ3v) is 25.0. The molecule has 8 N–H and O–H groups in total. The van der Waals surface area contributed by atoms with E-state index >= 15 is 0 Å². The van der Waals surface area contributed by atoms with Crippen LogP contribution in [0.1, 0.15) is 268 Å². The number of hydrogen-bond donors (Lipinski definition) is 8. The van der Waals surface area contributed by atoms with Crippen molar-refractivity contribution in [1.82, 2.24) is 0 Å². The minimum atomic E-state index is -0.161. The fourth-order valence-electron chi connectivity index (χ4n) is 17.8. The van der Waals surface area contributed by atoms with Crippen molar-refractivity contribution in [1.29, 1.82) is 0 Å². The molecule has 0 aromatic carbocycles. The number of rotatable bonds is 8.